The van der Waals surface area contributed by atoms with Crippen LogP contribution in [0.25, 0.3) is 0 Å². The van der Waals surface area contributed by atoms with E-state index in [1.54, 1.807) is 31.2 Å². The van der Waals surface area contributed by atoms with Crippen LogP contribution in [0.3, 0.4) is 0 Å². The van der Waals surface area contributed by atoms with Crippen LogP contribution >= 0.6 is 11.6 Å². The fourth-order valence-corrected chi connectivity index (χ4v) is 4.47. The monoisotopic (exact) mass is 489 g/mol. The number of anilines is 1. The third kappa shape index (κ3) is 6.08. The summed E-state index contributed by atoms with van der Waals surface area (Å²) in [4.78, 5) is 41.7. The van der Waals surface area contributed by atoms with Crippen molar-refractivity contribution in [1.82, 2.24) is 10.2 Å². The van der Waals surface area contributed by atoms with Crippen LogP contribution in [0.2, 0.25) is 5.02 Å². The van der Waals surface area contributed by atoms with Gasteiger partial charge in [-0.15, -0.1) is 0 Å². The number of carbonyl (C=O) groups is 3. The second kappa shape index (κ2) is 11.2. The first-order valence-electron chi connectivity index (χ1n) is 11.7. The summed E-state index contributed by atoms with van der Waals surface area (Å²) in [5.74, 6) is -0.275. The molecule has 1 heterocycles. The van der Waals surface area contributed by atoms with Crippen LogP contribution in [0.15, 0.2) is 78.9 Å². The highest BCUT2D eigenvalue weighted by Crippen LogP contribution is 2.23. The van der Waals surface area contributed by atoms with Gasteiger partial charge in [0.1, 0.15) is 0 Å². The van der Waals surface area contributed by atoms with Gasteiger partial charge in [-0.2, -0.15) is 0 Å². The Kier molecular flexibility index (Phi) is 7.83. The minimum atomic E-state index is -0.468. The van der Waals surface area contributed by atoms with E-state index in [1.165, 1.54) is 0 Å². The van der Waals surface area contributed by atoms with Crippen LogP contribution in [0, 0.1) is 0 Å². The Morgan fingerprint density at radius 1 is 0.857 bits per heavy atom. The Balaban J connectivity index is 1.40. The van der Waals surface area contributed by atoms with E-state index in [0.29, 0.717) is 42.3 Å². The van der Waals surface area contributed by atoms with Crippen molar-refractivity contribution in [1.29, 1.82) is 0 Å². The molecule has 35 heavy (non-hydrogen) atoms. The number of Topliss-reactive ketones (excluding diaryl/α,β-unsaturated/α-hetero) is 1. The Bertz CT molecular complexity index is 1190. The van der Waals surface area contributed by atoms with Gasteiger partial charge >= 0.3 is 0 Å². The Labute approximate surface area is 210 Å². The number of benzene rings is 3. The molecular weight excluding hydrogens is 462 g/mol. The number of hydrogen-bond donors (Lipinski definition) is 1. The van der Waals surface area contributed by atoms with Crippen LogP contribution in [0.5, 0.6) is 0 Å². The molecule has 7 heteroatoms. The summed E-state index contributed by atoms with van der Waals surface area (Å²) in [7, 11) is 0. The molecule has 0 bridgehead atoms. The van der Waals surface area contributed by atoms with Crippen molar-refractivity contribution >= 4 is 34.9 Å². The minimum Gasteiger partial charge on any atom is -0.368 e. The highest BCUT2D eigenvalue weighted by atomic mass is 35.5. The van der Waals surface area contributed by atoms with Gasteiger partial charge < -0.3 is 15.1 Å². The first kappa shape index (κ1) is 24.5. The molecule has 0 aliphatic carbocycles. The quantitative estimate of drug-likeness (QED) is 0.486. The predicted octanol–water partition coefficient (Wildman–Crippen LogP) is 4.75. The molecule has 1 N–H and O–H groups in total. The number of rotatable bonds is 7. The summed E-state index contributed by atoms with van der Waals surface area (Å²) in [6, 6.07) is 23.5. The summed E-state index contributed by atoms with van der Waals surface area (Å²) in [5.41, 5.74) is 2.97. The molecule has 1 aliphatic rings. The number of amides is 2. The van der Waals surface area contributed by atoms with Gasteiger partial charge in [0, 0.05) is 37.4 Å². The highest BCUT2D eigenvalue weighted by Gasteiger charge is 2.26. The van der Waals surface area contributed by atoms with Crippen molar-refractivity contribution < 1.29 is 14.4 Å². The van der Waals surface area contributed by atoms with Crippen molar-refractivity contribution in [3.05, 3.63) is 101 Å². The molecule has 1 unspecified atom stereocenters. The second-order valence-electron chi connectivity index (χ2n) is 8.59. The van der Waals surface area contributed by atoms with E-state index in [1.807, 2.05) is 59.5 Å². The molecule has 3 aromatic rings. The third-order valence-electron chi connectivity index (χ3n) is 6.28. The van der Waals surface area contributed by atoms with Crippen molar-refractivity contribution in [2.75, 3.05) is 31.1 Å². The number of hydrogen-bond acceptors (Lipinski definition) is 4. The first-order chi connectivity index (χ1) is 16.9. The standard InChI is InChI=1S/C28H28ClN3O3/c1-20(33)21-11-13-23(14-12-21)31-15-17-32(18-16-31)27(34)19-26(22-7-3-2-4-8-22)30-28(35)24-9-5-6-10-25(24)29/h2-14,26H,15-19H2,1H3,(H,30,35). The van der Waals surface area contributed by atoms with Gasteiger partial charge in [-0.1, -0.05) is 54.1 Å². The topological polar surface area (TPSA) is 69.7 Å². The lowest BCUT2D eigenvalue weighted by Gasteiger charge is -2.36. The van der Waals surface area contributed by atoms with Gasteiger partial charge in [0.05, 0.1) is 23.0 Å². The number of carbonyl (C=O) groups excluding carboxylic acids is 3. The van der Waals surface area contributed by atoms with E-state index in [0.717, 1.165) is 11.3 Å². The maximum atomic E-state index is 13.2. The maximum Gasteiger partial charge on any atom is 0.253 e. The summed E-state index contributed by atoms with van der Waals surface area (Å²) < 4.78 is 0. The third-order valence-corrected chi connectivity index (χ3v) is 6.61. The van der Waals surface area contributed by atoms with Crippen molar-refractivity contribution in [3.63, 3.8) is 0 Å². The number of piperazine rings is 1. The molecule has 180 valence electrons. The molecule has 2 amide bonds. The number of ketones is 1. The number of halogens is 1. The summed E-state index contributed by atoms with van der Waals surface area (Å²) in [6.45, 7) is 4.14. The SMILES string of the molecule is CC(=O)c1ccc(N2CCN(C(=O)CC(NC(=O)c3ccccc3Cl)c3ccccc3)CC2)cc1. The van der Waals surface area contributed by atoms with Crippen molar-refractivity contribution in [2.45, 2.75) is 19.4 Å². The number of nitrogens with one attached hydrogen (secondary N) is 1. The van der Waals surface area contributed by atoms with Crippen LogP contribution in [-0.4, -0.2) is 48.7 Å². The normalized spacial score (nSPS) is 14.3. The second-order valence-corrected chi connectivity index (χ2v) is 9.00. The van der Waals surface area contributed by atoms with Gasteiger partial charge in [0.25, 0.3) is 5.91 Å². The molecule has 0 saturated carbocycles. The highest BCUT2D eigenvalue weighted by molar-refractivity contribution is 6.33. The molecular formula is C28H28ClN3O3. The van der Waals surface area contributed by atoms with Gasteiger partial charge in [-0.05, 0) is 48.9 Å². The van der Waals surface area contributed by atoms with Gasteiger partial charge in [-0.25, -0.2) is 0 Å². The lowest BCUT2D eigenvalue weighted by molar-refractivity contribution is -0.132. The molecule has 1 atom stereocenters. The smallest absolute Gasteiger partial charge is 0.253 e. The summed E-state index contributed by atoms with van der Waals surface area (Å²) in [5, 5.41) is 3.37. The van der Waals surface area contributed by atoms with E-state index < -0.39 is 6.04 Å². The van der Waals surface area contributed by atoms with E-state index in [-0.39, 0.29) is 24.0 Å². The zero-order chi connectivity index (χ0) is 24.8. The minimum absolute atomic E-state index is 0.00936. The fraction of sp³-hybridized carbons (Fsp3) is 0.250. The zero-order valence-electron chi connectivity index (χ0n) is 19.6. The molecule has 0 aromatic heterocycles. The Morgan fingerprint density at radius 3 is 2.11 bits per heavy atom. The fourth-order valence-electron chi connectivity index (χ4n) is 4.24. The van der Waals surface area contributed by atoms with Crippen LogP contribution < -0.4 is 10.2 Å². The predicted molar refractivity (Wildman–Crippen MR) is 138 cm³/mol. The molecule has 0 radical (unpaired) electrons. The molecule has 1 saturated heterocycles. The van der Waals surface area contributed by atoms with E-state index in [2.05, 4.69) is 10.2 Å². The molecule has 1 aliphatic heterocycles. The van der Waals surface area contributed by atoms with Gasteiger partial charge in [-0.3, -0.25) is 14.4 Å². The Morgan fingerprint density at radius 2 is 1.49 bits per heavy atom. The van der Waals surface area contributed by atoms with Crippen molar-refractivity contribution in [2.24, 2.45) is 0 Å². The van der Waals surface area contributed by atoms with E-state index in [4.69, 9.17) is 11.6 Å². The maximum absolute atomic E-state index is 13.2. The van der Waals surface area contributed by atoms with Crippen LogP contribution in [0.4, 0.5) is 5.69 Å². The van der Waals surface area contributed by atoms with Gasteiger partial charge in [0.2, 0.25) is 5.91 Å². The molecule has 4 rings (SSSR count). The van der Waals surface area contributed by atoms with Crippen LogP contribution in [0.1, 0.15) is 45.7 Å². The molecule has 0 spiro atoms. The summed E-state index contributed by atoms with van der Waals surface area (Å²) >= 11 is 6.21. The lowest BCUT2D eigenvalue weighted by atomic mass is 10.0. The van der Waals surface area contributed by atoms with E-state index in [9.17, 15) is 14.4 Å². The molecule has 1 fully saturated rings. The average Bonchev–Trinajstić information content (AvgIpc) is 2.89. The zero-order valence-corrected chi connectivity index (χ0v) is 20.4. The molecule has 6 nitrogen and oxygen atoms in total. The van der Waals surface area contributed by atoms with Crippen molar-refractivity contribution in [3.8, 4) is 0 Å². The average molecular weight is 490 g/mol. The summed E-state index contributed by atoms with van der Waals surface area (Å²) in [6.07, 6.45) is 0.160. The lowest BCUT2D eigenvalue weighted by Crippen LogP contribution is -2.49. The van der Waals surface area contributed by atoms with E-state index >= 15 is 0 Å². The largest absolute Gasteiger partial charge is 0.368 e. The van der Waals surface area contributed by atoms with Gasteiger partial charge in [0.15, 0.2) is 5.78 Å². The van der Waals surface area contributed by atoms with Crippen LogP contribution in [-0.2, 0) is 4.79 Å². The number of nitrogens with zero attached hydrogens (tertiary/aromatic N) is 2. The Hall–Kier alpha value is -3.64. The molecule has 3 aromatic carbocycles. The first-order valence-corrected chi connectivity index (χ1v) is 12.0.